The number of para-hydroxylation sites is 1. The molecule has 0 aromatic heterocycles. The third-order valence-electron chi connectivity index (χ3n) is 4.69. The zero-order valence-corrected chi connectivity index (χ0v) is 17.6. The molecule has 2 aromatic rings. The van der Waals surface area contributed by atoms with Gasteiger partial charge in [0.1, 0.15) is 6.42 Å². The van der Waals surface area contributed by atoms with Gasteiger partial charge in [0.25, 0.3) is 5.91 Å². The smallest absolute Gasteiger partial charge is 0.320 e. The van der Waals surface area contributed by atoms with Gasteiger partial charge < -0.3 is 21.3 Å². The van der Waals surface area contributed by atoms with Gasteiger partial charge in [0.2, 0.25) is 5.91 Å². The van der Waals surface area contributed by atoms with Crippen molar-refractivity contribution in [2.24, 2.45) is 0 Å². The standard InChI is InChI=1S/C23H24N6O3/c1-17-8-5-6-11-19(17)28-22(32)29-23(16-27-20(30)12-14-25,18-9-3-2-4-10-18)21(31)26-15-7-13-24/h2-6,8-11H,7,12,15-16H2,1H3,(H,26,31)(H,27,30)(H2,28,29,32). The number of hydrogen-bond acceptors (Lipinski definition) is 5. The van der Waals surface area contributed by atoms with Crippen LogP contribution >= 0.6 is 0 Å². The molecule has 4 N–H and O–H groups in total. The Morgan fingerprint density at radius 3 is 2.28 bits per heavy atom. The van der Waals surface area contributed by atoms with Gasteiger partial charge >= 0.3 is 6.03 Å². The zero-order valence-electron chi connectivity index (χ0n) is 17.6. The van der Waals surface area contributed by atoms with Crippen LogP contribution in [-0.2, 0) is 15.1 Å². The maximum Gasteiger partial charge on any atom is 0.320 e. The largest absolute Gasteiger partial charge is 0.353 e. The van der Waals surface area contributed by atoms with E-state index in [0.29, 0.717) is 11.3 Å². The second-order valence-corrected chi connectivity index (χ2v) is 6.94. The second kappa shape index (κ2) is 11.7. The van der Waals surface area contributed by atoms with Gasteiger partial charge in [-0.1, -0.05) is 48.5 Å². The molecule has 0 fully saturated rings. The summed E-state index contributed by atoms with van der Waals surface area (Å²) < 4.78 is 0. The minimum absolute atomic E-state index is 0.0666. The van der Waals surface area contributed by atoms with Crippen molar-refractivity contribution < 1.29 is 14.4 Å². The van der Waals surface area contributed by atoms with Gasteiger partial charge in [-0.15, -0.1) is 0 Å². The van der Waals surface area contributed by atoms with Crippen molar-refractivity contribution in [1.29, 1.82) is 10.5 Å². The van der Waals surface area contributed by atoms with E-state index < -0.39 is 29.8 Å². The number of carbonyl (C=O) groups excluding carboxylic acids is 3. The molecule has 9 heteroatoms. The lowest BCUT2D eigenvalue weighted by atomic mass is 9.88. The zero-order chi connectivity index (χ0) is 23.4. The van der Waals surface area contributed by atoms with Gasteiger partial charge in [0.05, 0.1) is 25.1 Å². The summed E-state index contributed by atoms with van der Waals surface area (Å²) in [7, 11) is 0. The van der Waals surface area contributed by atoms with Crippen molar-refractivity contribution in [1.82, 2.24) is 16.0 Å². The fraction of sp³-hybridized carbons (Fsp3) is 0.261. The van der Waals surface area contributed by atoms with Crippen molar-refractivity contribution in [3.63, 3.8) is 0 Å². The molecule has 2 aromatic carbocycles. The highest BCUT2D eigenvalue weighted by atomic mass is 16.2. The Balaban J connectivity index is 2.41. The molecule has 0 radical (unpaired) electrons. The molecule has 4 amide bonds. The fourth-order valence-corrected chi connectivity index (χ4v) is 3.02. The molecular weight excluding hydrogens is 408 g/mol. The molecule has 0 bridgehead atoms. The number of nitrogens with zero attached hydrogens (tertiary/aromatic N) is 2. The number of hydrogen-bond donors (Lipinski definition) is 4. The second-order valence-electron chi connectivity index (χ2n) is 6.94. The van der Waals surface area contributed by atoms with Crippen LogP contribution in [0, 0.1) is 29.6 Å². The summed E-state index contributed by atoms with van der Waals surface area (Å²) in [5.41, 5.74) is 0.125. The Bertz CT molecular complexity index is 1040. The van der Waals surface area contributed by atoms with Crippen LogP contribution in [0.4, 0.5) is 10.5 Å². The molecule has 1 unspecified atom stereocenters. The van der Waals surface area contributed by atoms with Gasteiger partial charge in [0.15, 0.2) is 5.54 Å². The molecule has 0 saturated heterocycles. The van der Waals surface area contributed by atoms with E-state index in [4.69, 9.17) is 10.5 Å². The maximum atomic E-state index is 13.3. The minimum Gasteiger partial charge on any atom is -0.353 e. The maximum absolute atomic E-state index is 13.3. The summed E-state index contributed by atoms with van der Waals surface area (Å²) in [6, 6.07) is 18.6. The quantitative estimate of drug-likeness (QED) is 0.448. The third-order valence-corrected chi connectivity index (χ3v) is 4.69. The van der Waals surface area contributed by atoms with Crippen LogP contribution in [0.3, 0.4) is 0 Å². The van der Waals surface area contributed by atoms with Crippen molar-refractivity contribution >= 4 is 23.5 Å². The first-order valence-electron chi connectivity index (χ1n) is 9.92. The van der Waals surface area contributed by atoms with Crippen molar-refractivity contribution in [2.45, 2.75) is 25.3 Å². The number of nitriles is 2. The van der Waals surface area contributed by atoms with E-state index in [0.717, 1.165) is 5.56 Å². The highest BCUT2D eigenvalue weighted by Crippen LogP contribution is 2.22. The number of benzene rings is 2. The number of aryl methyl sites for hydroxylation is 1. The van der Waals surface area contributed by atoms with E-state index in [2.05, 4.69) is 21.3 Å². The highest BCUT2D eigenvalue weighted by Gasteiger charge is 2.42. The highest BCUT2D eigenvalue weighted by molar-refractivity contribution is 5.97. The van der Waals surface area contributed by atoms with Crippen LogP contribution in [0.2, 0.25) is 0 Å². The van der Waals surface area contributed by atoms with Crippen LogP contribution in [0.15, 0.2) is 54.6 Å². The number of nitrogens with one attached hydrogen (secondary N) is 4. The Kier molecular flexibility index (Phi) is 8.76. The normalized spacial score (nSPS) is 11.7. The van der Waals surface area contributed by atoms with Crippen LogP contribution < -0.4 is 21.3 Å². The van der Waals surface area contributed by atoms with Crippen LogP contribution in [-0.4, -0.2) is 30.9 Å². The summed E-state index contributed by atoms with van der Waals surface area (Å²) in [4.78, 5) is 38.2. The summed E-state index contributed by atoms with van der Waals surface area (Å²) in [5, 5.41) is 28.2. The Labute approximate surface area is 186 Å². The minimum atomic E-state index is -1.69. The van der Waals surface area contributed by atoms with Crippen LogP contribution in [0.1, 0.15) is 24.0 Å². The molecule has 0 aliphatic carbocycles. The van der Waals surface area contributed by atoms with E-state index in [1.165, 1.54) is 0 Å². The van der Waals surface area contributed by atoms with Crippen LogP contribution in [0.25, 0.3) is 0 Å². The lowest BCUT2D eigenvalue weighted by molar-refractivity contribution is -0.128. The molecule has 164 valence electrons. The molecule has 32 heavy (non-hydrogen) atoms. The molecule has 0 saturated carbocycles. The number of carbonyl (C=O) groups is 3. The van der Waals surface area contributed by atoms with E-state index in [1.807, 2.05) is 25.1 Å². The predicted molar refractivity (Wildman–Crippen MR) is 118 cm³/mol. The van der Waals surface area contributed by atoms with Crippen molar-refractivity contribution in [2.75, 3.05) is 18.4 Å². The summed E-state index contributed by atoms with van der Waals surface area (Å²) in [6.45, 7) is 1.60. The molecule has 1 atom stereocenters. The summed E-state index contributed by atoms with van der Waals surface area (Å²) in [6.07, 6.45) is -0.316. The molecule has 0 spiro atoms. The van der Waals surface area contributed by atoms with Crippen LogP contribution in [0.5, 0.6) is 0 Å². The third kappa shape index (κ3) is 6.31. The van der Waals surface area contributed by atoms with E-state index in [9.17, 15) is 14.4 Å². The van der Waals surface area contributed by atoms with Crippen molar-refractivity contribution in [3.05, 3.63) is 65.7 Å². The summed E-state index contributed by atoms with van der Waals surface area (Å²) in [5.74, 6) is -1.19. The number of anilines is 1. The Morgan fingerprint density at radius 2 is 1.62 bits per heavy atom. The fourth-order valence-electron chi connectivity index (χ4n) is 3.02. The topological polar surface area (TPSA) is 147 Å². The van der Waals surface area contributed by atoms with E-state index >= 15 is 0 Å². The molecule has 2 rings (SSSR count). The number of rotatable bonds is 9. The first-order valence-corrected chi connectivity index (χ1v) is 9.92. The number of urea groups is 1. The van der Waals surface area contributed by atoms with Gasteiger partial charge in [-0.05, 0) is 24.1 Å². The first-order chi connectivity index (χ1) is 15.4. The monoisotopic (exact) mass is 432 g/mol. The SMILES string of the molecule is Cc1ccccc1NC(=O)NC(CNC(=O)CC#N)(C(=O)NCCC#N)c1ccccc1. The summed E-state index contributed by atoms with van der Waals surface area (Å²) >= 11 is 0. The number of amides is 4. The Hall–Kier alpha value is -4.37. The lowest BCUT2D eigenvalue weighted by Gasteiger charge is -2.34. The Morgan fingerprint density at radius 1 is 0.938 bits per heavy atom. The van der Waals surface area contributed by atoms with Gasteiger partial charge in [0, 0.05) is 12.2 Å². The lowest BCUT2D eigenvalue weighted by Crippen LogP contribution is -2.62. The molecule has 0 heterocycles. The van der Waals surface area contributed by atoms with Gasteiger partial charge in [-0.2, -0.15) is 10.5 Å². The average molecular weight is 432 g/mol. The van der Waals surface area contributed by atoms with E-state index in [1.54, 1.807) is 48.5 Å². The molecule has 0 aliphatic heterocycles. The first kappa shape index (κ1) is 23.9. The predicted octanol–water partition coefficient (Wildman–Crippen LogP) is 2.07. The average Bonchev–Trinajstić information content (AvgIpc) is 2.79. The molecule has 0 aliphatic rings. The van der Waals surface area contributed by atoms with Crippen molar-refractivity contribution in [3.8, 4) is 12.1 Å². The molecular formula is C23H24N6O3. The van der Waals surface area contributed by atoms with Gasteiger partial charge in [-0.25, -0.2) is 4.79 Å². The molecule has 9 nitrogen and oxygen atoms in total. The van der Waals surface area contributed by atoms with Gasteiger partial charge in [-0.3, -0.25) is 9.59 Å². The van der Waals surface area contributed by atoms with E-state index in [-0.39, 0.29) is 19.5 Å².